The Morgan fingerprint density at radius 1 is 0.425 bits per heavy atom. The Bertz CT molecular complexity index is 4840. The van der Waals surface area contributed by atoms with E-state index in [-0.39, 0.29) is 17.5 Å². The molecule has 11 aromatic carbocycles. The van der Waals surface area contributed by atoms with Gasteiger partial charge in [0.05, 0.1) is 33.6 Å². The van der Waals surface area contributed by atoms with Gasteiger partial charge in [-0.2, -0.15) is 0 Å². The van der Waals surface area contributed by atoms with Crippen LogP contribution in [-0.4, -0.2) is 15.8 Å². The largest absolute Gasteiger partial charge is 0.310 e. The summed E-state index contributed by atoms with van der Waals surface area (Å²) in [6, 6.07) is 89.2. The lowest BCUT2D eigenvalue weighted by molar-refractivity contribution is 0.590. The quantitative estimate of drug-likeness (QED) is 0.154. The van der Waals surface area contributed by atoms with E-state index < -0.39 is 0 Å². The second kappa shape index (κ2) is 17.2. The maximum absolute atomic E-state index is 2.65. The van der Waals surface area contributed by atoms with Crippen molar-refractivity contribution in [3.05, 3.63) is 248 Å². The molecule has 382 valence electrons. The summed E-state index contributed by atoms with van der Waals surface area (Å²) in [4.78, 5) is 5.16. The number of anilines is 6. The summed E-state index contributed by atoms with van der Waals surface area (Å²) >= 11 is 1.99. The van der Waals surface area contributed by atoms with E-state index in [4.69, 9.17) is 0 Å². The van der Waals surface area contributed by atoms with E-state index in [1.807, 2.05) is 11.3 Å². The minimum absolute atomic E-state index is 0.00852. The molecule has 2 aliphatic rings. The summed E-state index contributed by atoms with van der Waals surface area (Å²) in [6.07, 6.45) is 0. The highest BCUT2D eigenvalue weighted by Crippen LogP contribution is 2.51. The molecule has 3 aromatic heterocycles. The van der Waals surface area contributed by atoms with Gasteiger partial charge < -0.3 is 18.9 Å². The SMILES string of the molecule is CC(C)(C)c1ccc(N2c3cc(N(c4ccc(-c5ccccc5)cc4)c4cccc5ccccc45)cc4c3B(c3sc5cc(C(C)(C)C)ccc5c32)c2cccc3c5c(ccc6c7ccccc7n(-c7ccccc7)c65)n-4c23)cc1. The predicted molar refractivity (Wildman–Crippen MR) is 345 cm³/mol. The van der Waals surface area contributed by atoms with E-state index in [9.17, 15) is 0 Å². The highest BCUT2D eigenvalue weighted by molar-refractivity contribution is 7.33. The molecule has 16 rings (SSSR count). The maximum atomic E-state index is 2.65. The highest BCUT2D eigenvalue weighted by atomic mass is 32.1. The third-order valence-corrected chi connectivity index (χ3v) is 18.6. The van der Waals surface area contributed by atoms with Crippen LogP contribution in [0.5, 0.6) is 0 Å². The minimum Gasteiger partial charge on any atom is -0.310 e. The van der Waals surface area contributed by atoms with Crippen LogP contribution in [0.4, 0.5) is 34.1 Å². The molecule has 2 aliphatic heterocycles. The molecule has 0 spiro atoms. The Balaban J connectivity index is 1.07. The molecule has 0 saturated heterocycles. The molecule has 80 heavy (non-hydrogen) atoms. The van der Waals surface area contributed by atoms with Gasteiger partial charge in [-0.15, -0.1) is 11.3 Å². The maximum Gasteiger partial charge on any atom is 0.264 e. The van der Waals surface area contributed by atoms with Gasteiger partial charge in [-0.05, 0) is 122 Å². The van der Waals surface area contributed by atoms with Gasteiger partial charge in [0.15, 0.2) is 0 Å². The first-order valence-corrected chi connectivity index (χ1v) is 28.9. The van der Waals surface area contributed by atoms with Crippen molar-refractivity contribution in [2.75, 3.05) is 9.80 Å². The van der Waals surface area contributed by atoms with Crippen LogP contribution >= 0.6 is 11.3 Å². The van der Waals surface area contributed by atoms with Crippen LogP contribution in [0.1, 0.15) is 52.7 Å². The zero-order chi connectivity index (χ0) is 53.8. The first-order chi connectivity index (χ1) is 39.0. The number of hydrogen-bond acceptors (Lipinski definition) is 3. The van der Waals surface area contributed by atoms with E-state index in [0.717, 1.165) is 28.4 Å². The molecule has 6 heteroatoms. The van der Waals surface area contributed by atoms with Gasteiger partial charge in [-0.1, -0.05) is 205 Å². The number of aromatic nitrogens is 2. The predicted octanol–water partition coefficient (Wildman–Crippen LogP) is 18.6. The third-order valence-electron chi connectivity index (χ3n) is 17.4. The summed E-state index contributed by atoms with van der Waals surface area (Å²) in [5.74, 6) is 0. The van der Waals surface area contributed by atoms with E-state index in [2.05, 4.69) is 297 Å². The summed E-state index contributed by atoms with van der Waals surface area (Å²) in [5, 5.41) is 8.71. The molecule has 4 nitrogen and oxygen atoms in total. The van der Waals surface area contributed by atoms with Crippen molar-refractivity contribution < 1.29 is 0 Å². The van der Waals surface area contributed by atoms with Crippen LogP contribution in [-0.2, 0) is 10.8 Å². The lowest BCUT2D eigenvalue weighted by Gasteiger charge is -2.40. The summed E-state index contributed by atoms with van der Waals surface area (Å²) in [6.45, 7) is 13.9. The third kappa shape index (κ3) is 6.88. The lowest BCUT2D eigenvalue weighted by atomic mass is 9.36. The van der Waals surface area contributed by atoms with Gasteiger partial charge in [0, 0.05) is 75.7 Å². The van der Waals surface area contributed by atoms with Crippen LogP contribution in [0.15, 0.2) is 237 Å². The van der Waals surface area contributed by atoms with Crippen LogP contribution < -0.4 is 25.5 Å². The van der Waals surface area contributed by atoms with E-state index in [0.29, 0.717) is 0 Å². The molecule has 0 unspecified atom stereocenters. The van der Waals surface area contributed by atoms with Crippen molar-refractivity contribution >= 4 is 132 Å². The first kappa shape index (κ1) is 47.0. The topological polar surface area (TPSA) is 16.3 Å². The fraction of sp³-hybridized carbons (Fsp3) is 0.108. The van der Waals surface area contributed by atoms with Crippen molar-refractivity contribution in [1.29, 1.82) is 0 Å². The highest BCUT2D eigenvalue weighted by Gasteiger charge is 2.45. The van der Waals surface area contributed by atoms with Crippen LogP contribution in [0.2, 0.25) is 0 Å². The molecule has 5 heterocycles. The molecule has 0 amide bonds. The molecule has 0 fully saturated rings. The lowest BCUT2D eigenvalue weighted by Crippen LogP contribution is -2.59. The van der Waals surface area contributed by atoms with Crippen LogP contribution in [0.25, 0.3) is 87.0 Å². The Morgan fingerprint density at radius 3 is 1.84 bits per heavy atom. The molecule has 0 atom stereocenters. The second-order valence-corrected chi connectivity index (χ2v) is 25.2. The van der Waals surface area contributed by atoms with Gasteiger partial charge in [-0.25, -0.2) is 0 Å². The fourth-order valence-electron chi connectivity index (χ4n) is 13.5. The molecular weight excluding hydrogens is 988 g/mol. The van der Waals surface area contributed by atoms with E-state index >= 15 is 0 Å². The monoisotopic (exact) mass is 1040 g/mol. The van der Waals surface area contributed by atoms with Gasteiger partial charge in [0.2, 0.25) is 0 Å². The molecule has 14 aromatic rings. The van der Waals surface area contributed by atoms with Crippen LogP contribution in [0.3, 0.4) is 0 Å². The van der Waals surface area contributed by atoms with E-state index in [1.165, 1.54) is 119 Å². The van der Waals surface area contributed by atoms with Gasteiger partial charge in [0.25, 0.3) is 6.71 Å². The number of para-hydroxylation sites is 3. The van der Waals surface area contributed by atoms with Crippen molar-refractivity contribution in [3.8, 4) is 22.5 Å². The Labute approximate surface area is 471 Å². The smallest absolute Gasteiger partial charge is 0.264 e. The van der Waals surface area contributed by atoms with Gasteiger partial charge >= 0.3 is 0 Å². The molecule has 0 radical (unpaired) electrons. The number of rotatable bonds is 6. The Kier molecular flexibility index (Phi) is 10.1. The molecule has 0 N–H and O–H groups in total. The van der Waals surface area contributed by atoms with Gasteiger partial charge in [-0.3, -0.25) is 0 Å². The average molecular weight is 1050 g/mol. The fourth-order valence-corrected chi connectivity index (χ4v) is 14.9. The number of thiophene rings is 1. The van der Waals surface area contributed by atoms with Crippen molar-refractivity contribution in [3.63, 3.8) is 0 Å². The standard InChI is InChI=1S/C74H57BN4S/c1-73(2,3)49-33-38-53(39-34-49)78-64-44-54(76(61-30-17-22-48-21-13-14-25-55(48)61)52-36-31-47(32-37-52)46-19-9-7-10-20-46)45-65-68(64)75(72-71(78)58-40-35-50(74(4,5)6)43-66(58)80-72)60-28-18-27-59-67-63(79(65)69(59)60)42-41-57-56-26-15-16-29-62(56)77(70(57)67)51-23-11-8-12-24-51/h7-45H,1-6H3. The molecule has 0 saturated carbocycles. The summed E-state index contributed by atoms with van der Waals surface area (Å²) in [5.41, 5.74) is 21.8. The number of fused-ring (bicyclic) bond motifs is 14. The van der Waals surface area contributed by atoms with Crippen molar-refractivity contribution in [1.82, 2.24) is 9.13 Å². The van der Waals surface area contributed by atoms with Crippen LogP contribution in [0, 0.1) is 0 Å². The Morgan fingerprint density at radius 2 is 1.06 bits per heavy atom. The minimum atomic E-state index is -0.0446. The second-order valence-electron chi connectivity index (χ2n) is 24.1. The normalized spacial score (nSPS) is 13.1. The zero-order valence-electron chi connectivity index (χ0n) is 45.8. The van der Waals surface area contributed by atoms with E-state index in [1.54, 1.807) is 0 Å². The number of hydrogen-bond donors (Lipinski definition) is 0. The average Bonchev–Trinajstić information content (AvgIpc) is 4.31. The zero-order valence-corrected chi connectivity index (χ0v) is 46.6. The number of benzene rings is 11. The number of nitrogens with zero attached hydrogens (tertiary/aromatic N) is 4. The molecule has 0 bridgehead atoms. The van der Waals surface area contributed by atoms with Gasteiger partial charge in [0.1, 0.15) is 0 Å². The molecular formula is C74H57BN4S. The summed E-state index contributed by atoms with van der Waals surface area (Å²) in [7, 11) is 0. The van der Waals surface area contributed by atoms with Crippen molar-refractivity contribution in [2.24, 2.45) is 0 Å². The summed E-state index contributed by atoms with van der Waals surface area (Å²) < 4.78 is 7.86. The molecule has 0 aliphatic carbocycles. The Hall–Kier alpha value is -9.10. The first-order valence-electron chi connectivity index (χ1n) is 28.1. The van der Waals surface area contributed by atoms with Crippen molar-refractivity contribution in [2.45, 2.75) is 52.4 Å².